The van der Waals surface area contributed by atoms with Crippen LogP contribution in [0.4, 0.5) is 10.1 Å². The Morgan fingerprint density at radius 2 is 1.91 bits per heavy atom. The van der Waals surface area contributed by atoms with Gasteiger partial charge in [-0.15, -0.1) is 0 Å². The Morgan fingerprint density at radius 1 is 1.16 bits per heavy atom. The average Bonchev–Trinajstić information content (AvgIpc) is 3.56. The molecule has 0 spiro atoms. The molecule has 8 nitrogen and oxygen atoms in total. The van der Waals surface area contributed by atoms with Crippen molar-refractivity contribution in [3.8, 4) is 0 Å². The summed E-state index contributed by atoms with van der Waals surface area (Å²) in [6.07, 6.45) is 1.66. The number of halogens is 1. The summed E-state index contributed by atoms with van der Waals surface area (Å²) in [7, 11) is 0. The molecule has 1 aliphatic heterocycles. The molecule has 1 saturated heterocycles. The number of rotatable bonds is 9. The summed E-state index contributed by atoms with van der Waals surface area (Å²) in [6, 6.07) is 15.4. The van der Waals surface area contributed by atoms with Crippen LogP contribution in [0, 0.1) is 17.3 Å². The molecule has 45 heavy (non-hydrogen) atoms. The Balaban J connectivity index is 1.27. The molecule has 2 aromatic carbocycles. The molecule has 5 N–H and O–H groups in total. The van der Waals surface area contributed by atoms with Crippen LogP contribution in [-0.4, -0.2) is 63.1 Å². The SMILES string of the molecule is CCC[C@H](O)[C@@]1(F)[C@H]([C@@H]2C[C@H]3O[C@@H](c4ccc(Cc5cccc(N)c5)cc4)O[C@@]3(C(=O)CO)C2)C[C@@H](O)C2=CC(=O)C=C[C@@]21C. The number of aliphatic hydroxyl groups excluding tert-OH is 3. The van der Waals surface area contributed by atoms with E-state index in [-0.39, 0.29) is 37.0 Å². The van der Waals surface area contributed by atoms with E-state index in [2.05, 4.69) is 0 Å². The first kappa shape index (κ1) is 31.8. The molecule has 0 unspecified atom stereocenters. The van der Waals surface area contributed by atoms with Gasteiger partial charge in [-0.2, -0.15) is 0 Å². The van der Waals surface area contributed by atoms with Crippen molar-refractivity contribution in [2.75, 3.05) is 12.3 Å². The first-order chi connectivity index (χ1) is 21.4. The summed E-state index contributed by atoms with van der Waals surface area (Å²) in [4.78, 5) is 25.6. The van der Waals surface area contributed by atoms with Crippen molar-refractivity contribution in [3.05, 3.63) is 89.0 Å². The van der Waals surface area contributed by atoms with Crippen molar-refractivity contribution in [3.63, 3.8) is 0 Å². The van der Waals surface area contributed by atoms with E-state index in [1.165, 1.54) is 18.2 Å². The van der Waals surface area contributed by atoms with Gasteiger partial charge in [-0.05, 0) is 85.9 Å². The number of allylic oxidation sites excluding steroid dienone is 3. The maximum Gasteiger partial charge on any atom is 0.192 e. The summed E-state index contributed by atoms with van der Waals surface area (Å²) in [5.74, 6) is -2.26. The predicted molar refractivity (Wildman–Crippen MR) is 166 cm³/mol. The summed E-state index contributed by atoms with van der Waals surface area (Å²) in [6.45, 7) is 2.72. The molecule has 240 valence electrons. The fraction of sp³-hybridized carbons (Fsp3) is 0.500. The number of ketones is 2. The van der Waals surface area contributed by atoms with Crippen LogP contribution < -0.4 is 5.73 Å². The molecule has 3 aliphatic carbocycles. The van der Waals surface area contributed by atoms with Crippen molar-refractivity contribution in [2.45, 2.75) is 88.2 Å². The number of Topliss-reactive ketones (excluding diaryl/α,β-unsaturated/α-hetero) is 1. The van der Waals surface area contributed by atoms with E-state index < -0.39 is 65.5 Å². The van der Waals surface area contributed by atoms with Gasteiger partial charge in [0.2, 0.25) is 0 Å². The Labute approximate surface area is 262 Å². The summed E-state index contributed by atoms with van der Waals surface area (Å²) in [5, 5.41) is 32.6. The fourth-order valence-electron chi connectivity index (χ4n) is 8.43. The number of alkyl halides is 1. The zero-order chi connectivity index (χ0) is 32.1. The third-order valence-corrected chi connectivity index (χ3v) is 10.7. The highest BCUT2D eigenvalue weighted by Crippen LogP contribution is 2.63. The molecule has 0 amide bonds. The van der Waals surface area contributed by atoms with Crippen molar-refractivity contribution >= 4 is 17.3 Å². The lowest BCUT2D eigenvalue weighted by atomic mass is 9.51. The fourth-order valence-corrected chi connectivity index (χ4v) is 8.43. The summed E-state index contributed by atoms with van der Waals surface area (Å²) >= 11 is 0. The van der Waals surface area contributed by atoms with Crippen LogP contribution in [0.5, 0.6) is 0 Å². The standard InChI is InChI=1S/C36H42FNO7/c1-3-5-30(42)36(37)27(18-29(41)28-17-26(40)12-13-34(28,36)2)24-16-32-35(19-24,31(43)20-39)45-33(44-32)23-10-8-21(9-11-23)14-22-6-4-7-25(38)15-22/h4,6-13,15,17,24,27,29-30,32-33,39,41-42H,3,5,14,16,18-20,38H2,1-2H3/t24-,27+,29-,30+,32-,33-,34+,35-,36+/m1/s1. The van der Waals surface area contributed by atoms with Gasteiger partial charge in [0.05, 0.1) is 18.3 Å². The summed E-state index contributed by atoms with van der Waals surface area (Å²) in [5.41, 5.74) is 4.56. The van der Waals surface area contributed by atoms with Crippen LogP contribution in [0.2, 0.25) is 0 Å². The molecule has 2 aromatic rings. The molecule has 9 heteroatoms. The smallest absolute Gasteiger partial charge is 0.192 e. The first-order valence-electron chi connectivity index (χ1n) is 15.9. The van der Waals surface area contributed by atoms with E-state index in [0.29, 0.717) is 24.1 Å². The minimum absolute atomic E-state index is 0.0292. The number of ether oxygens (including phenoxy) is 2. The van der Waals surface area contributed by atoms with Gasteiger partial charge >= 0.3 is 0 Å². The molecule has 3 fully saturated rings. The van der Waals surface area contributed by atoms with Gasteiger partial charge in [0, 0.05) is 22.6 Å². The highest BCUT2D eigenvalue weighted by molar-refractivity contribution is 6.01. The Bertz CT molecular complexity index is 1520. The number of anilines is 1. The molecule has 0 bridgehead atoms. The highest BCUT2D eigenvalue weighted by atomic mass is 19.1. The van der Waals surface area contributed by atoms with Gasteiger partial charge in [0.15, 0.2) is 29.1 Å². The Hall–Kier alpha value is -3.21. The second kappa shape index (κ2) is 11.9. The number of hydrogen-bond donors (Lipinski definition) is 4. The molecule has 0 radical (unpaired) electrons. The second-order valence-corrected chi connectivity index (χ2v) is 13.4. The molecular weight excluding hydrogens is 577 g/mol. The van der Waals surface area contributed by atoms with Crippen molar-refractivity contribution < 1.29 is 38.8 Å². The second-order valence-electron chi connectivity index (χ2n) is 13.4. The topological polar surface area (TPSA) is 139 Å². The van der Waals surface area contributed by atoms with Crippen LogP contribution >= 0.6 is 0 Å². The average molecular weight is 620 g/mol. The maximum absolute atomic E-state index is 17.8. The third-order valence-electron chi connectivity index (χ3n) is 10.7. The number of carbonyl (C=O) groups is 2. The number of benzene rings is 2. The predicted octanol–water partition coefficient (Wildman–Crippen LogP) is 4.31. The molecule has 2 saturated carbocycles. The van der Waals surface area contributed by atoms with Crippen molar-refractivity contribution in [2.24, 2.45) is 17.3 Å². The molecule has 6 rings (SSSR count). The molecular formula is C36H42FNO7. The van der Waals surface area contributed by atoms with Gasteiger partial charge < -0.3 is 30.5 Å². The van der Waals surface area contributed by atoms with Crippen molar-refractivity contribution in [1.29, 1.82) is 0 Å². The minimum atomic E-state index is -2.24. The lowest BCUT2D eigenvalue weighted by Crippen LogP contribution is -2.63. The molecule has 4 aliphatic rings. The minimum Gasteiger partial charge on any atom is -0.399 e. The normalized spacial score (nSPS) is 36.4. The summed E-state index contributed by atoms with van der Waals surface area (Å²) < 4.78 is 30.6. The van der Waals surface area contributed by atoms with E-state index in [4.69, 9.17) is 15.2 Å². The molecule has 1 heterocycles. The van der Waals surface area contributed by atoms with Crippen LogP contribution in [-0.2, 0) is 25.5 Å². The zero-order valence-corrected chi connectivity index (χ0v) is 25.7. The van der Waals surface area contributed by atoms with Gasteiger partial charge in [-0.3, -0.25) is 9.59 Å². The highest BCUT2D eigenvalue weighted by Gasteiger charge is 2.69. The monoisotopic (exact) mass is 619 g/mol. The van der Waals surface area contributed by atoms with Crippen LogP contribution in [0.15, 0.2) is 72.3 Å². The van der Waals surface area contributed by atoms with Crippen molar-refractivity contribution in [1.82, 2.24) is 0 Å². The quantitative estimate of drug-likeness (QED) is 0.305. The zero-order valence-electron chi connectivity index (χ0n) is 25.7. The molecule has 0 aromatic heterocycles. The van der Waals surface area contributed by atoms with Gasteiger partial charge in [0.1, 0.15) is 6.61 Å². The van der Waals surface area contributed by atoms with Crippen LogP contribution in [0.3, 0.4) is 0 Å². The lowest BCUT2D eigenvalue weighted by molar-refractivity contribution is -0.166. The van der Waals surface area contributed by atoms with Crippen LogP contribution in [0.25, 0.3) is 0 Å². The van der Waals surface area contributed by atoms with Gasteiger partial charge in [-0.25, -0.2) is 4.39 Å². The van der Waals surface area contributed by atoms with Gasteiger partial charge in [0.25, 0.3) is 0 Å². The van der Waals surface area contributed by atoms with E-state index in [0.717, 1.165) is 11.1 Å². The number of fused-ring (bicyclic) bond motifs is 2. The van der Waals surface area contributed by atoms with E-state index in [1.807, 2.05) is 55.5 Å². The molecule has 9 atom stereocenters. The first-order valence-corrected chi connectivity index (χ1v) is 15.9. The van der Waals surface area contributed by atoms with E-state index in [1.54, 1.807) is 6.92 Å². The Kier molecular flexibility index (Phi) is 8.37. The number of carbonyl (C=O) groups excluding carboxylic acids is 2. The van der Waals surface area contributed by atoms with E-state index >= 15 is 4.39 Å². The van der Waals surface area contributed by atoms with Gasteiger partial charge in [-0.1, -0.05) is 55.8 Å². The van der Waals surface area contributed by atoms with E-state index in [9.17, 15) is 24.9 Å². The number of hydrogen-bond acceptors (Lipinski definition) is 8. The number of aliphatic hydroxyl groups is 3. The Morgan fingerprint density at radius 3 is 2.60 bits per heavy atom. The third kappa shape index (κ3) is 5.19. The number of nitrogen functional groups attached to an aromatic ring is 1. The van der Waals surface area contributed by atoms with Crippen LogP contribution in [0.1, 0.15) is 68.9 Å². The largest absolute Gasteiger partial charge is 0.399 e. The number of nitrogens with two attached hydrogens (primary N) is 1. The maximum atomic E-state index is 17.8. The lowest BCUT2D eigenvalue weighted by Gasteiger charge is -2.57.